The molecule has 0 atom stereocenters. The van der Waals surface area contributed by atoms with Gasteiger partial charge in [-0.15, -0.1) is 0 Å². The van der Waals surface area contributed by atoms with Crippen LogP contribution in [0.1, 0.15) is 52.0 Å². The highest BCUT2D eigenvalue weighted by atomic mass is 16.2. The molecule has 5 nitrogen and oxygen atoms in total. The monoisotopic (exact) mass is 299 g/mol. The summed E-state index contributed by atoms with van der Waals surface area (Å²) in [5.41, 5.74) is 8.59. The number of carbonyl (C=O) groups is 2. The van der Waals surface area contributed by atoms with Gasteiger partial charge in [-0.05, 0) is 45.9 Å². The number of carbonyl (C=O) groups excluding carboxylic acids is 2. The Hall–Kier alpha value is -2.56. The van der Waals surface area contributed by atoms with Crippen LogP contribution in [0.25, 0.3) is 0 Å². The van der Waals surface area contributed by atoms with E-state index in [1.807, 2.05) is 19.9 Å². The molecule has 0 radical (unpaired) electrons. The van der Waals surface area contributed by atoms with Crippen LogP contribution in [0.4, 0.5) is 5.69 Å². The van der Waals surface area contributed by atoms with E-state index in [1.165, 1.54) is 0 Å². The number of rotatable bonds is 4. The third kappa shape index (κ3) is 2.88. The number of primary amides is 1. The first-order chi connectivity index (χ1) is 10.3. The Morgan fingerprint density at radius 1 is 1.14 bits per heavy atom. The fourth-order valence-corrected chi connectivity index (χ4v) is 2.80. The van der Waals surface area contributed by atoms with Gasteiger partial charge >= 0.3 is 0 Å². The van der Waals surface area contributed by atoms with Gasteiger partial charge in [0.2, 0.25) is 0 Å². The highest BCUT2D eigenvalue weighted by molar-refractivity contribution is 6.09. The zero-order chi connectivity index (χ0) is 16.4. The van der Waals surface area contributed by atoms with Crippen LogP contribution in [-0.2, 0) is 0 Å². The van der Waals surface area contributed by atoms with Gasteiger partial charge in [0.1, 0.15) is 0 Å². The topological polar surface area (TPSA) is 77.1 Å². The number of aromatic nitrogens is 1. The third-order valence-corrected chi connectivity index (χ3v) is 3.69. The van der Waals surface area contributed by atoms with Crippen molar-refractivity contribution in [2.24, 2.45) is 5.73 Å². The lowest BCUT2D eigenvalue weighted by atomic mass is 10.1. The molecule has 1 aromatic heterocycles. The summed E-state index contributed by atoms with van der Waals surface area (Å²) in [5.74, 6) is -0.808. The van der Waals surface area contributed by atoms with E-state index in [-0.39, 0.29) is 11.9 Å². The lowest BCUT2D eigenvalue weighted by molar-refractivity contribution is 0.100. The fraction of sp³-hybridized carbons (Fsp3) is 0.294. The summed E-state index contributed by atoms with van der Waals surface area (Å²) >= 11 is 0. The van der Waals surface area contributed by atoms with Crippen molar-refractivity contribution in [3.63, 3.8) is 0 Å². The zero-order valence-electron chi connectivity index (χ0n) is 13.3. The standard InChI is InChI=1S/C17H21N3O2/c1-10(2)20-11(3)9-14(12(20)4)17(22)19-15-8-6-5-7-13(15)16(18)21/h5-10H,1-4H3,(H2,18,21)(H,19,22). The van der Waals surface area contributed by atoms with E-state index in [9.17, 15) is 9.59 Å². The maximum atomic E-state index is 12.5. The van der Waals surface area contributed by atoms with Gasteiger partial charge in [0.15, 0.2) is 0 Å². The van der Waals surface area contributed by atoms with Gasteiger partial charge in [0.05, 0.1) is 16.8 Å². The molecule has 0 saturated heterocycles. The molecule has 22 heavy (non-hydrogen) atoms. The molecular weight excluding hydrogens is 278 g/mol. The van der Waals surface area contributed by atoms with Gasteiger partial charge in [-0.25, -0.2) is 0 Å². The van der Waals surface area contributed by atoms with Gasteiger partial charge in [-0.3, -0.25) is 9.59 Å². The van der Waals surface area contributed by atoms with Gasteiger partial charge in [-0.1, -0.05) is 12.1 Å². The highest BCUT2D eigenvalue weighted by Crippen LogP contribution is 2.22. The molecule has 0 fully saturated rings. The van der Waals surface area contributed by atoms with Crippen molar-refractivity contribution >= 4 is 17.5 Å². The SMILES string of the molecule is Cc1cc(C(=O)Nc2ccccc2C(N)=O)c(C)n1C(C)C. The van der Waals surface area contributed by atoms with Crippen LogP contribution >= 0.6 is 0 Å². The minimum absolute atomic E-state index is 0.242. The van der Waals surface area contributed by atoms with Crippen molar-refractivity contribution in [2.45, 2.75) is 33.7 Å². The van der Waals surface area contributed by atoms with E-state index < -0.39 is 5.91 Å². The second-order valence-corrected chi connectivity index (χ2v) is 5.61. The fourth-order valence-electron chi connectivity index (χ4n) is 2.80. The quantitative estimate of drug-likeness (QED) is 0.910. The van der Waals surface area contributed by atoms with Crippen LogP contribution in [0.5, 0.6) is 0 Å². The summed E-state index contributed by atoms with van der Waals surface area (Å²) in [7, 11) is 0. The van der Waals surface area contributed by atoms with Crippen LogP contribution in [-0.4, -0.2) is 16.4 Å². The van der Waals surface area contributed by atoms with Crippen molar-refractivity contribution in [3.8, 4) is 0 Å². The maximum absolute atomic E-state index is 12.5. The summed E-state index contributed by atoms with van der Waals surface area (Å²) in [6.07, 6.45) is 0. The van der Waals surface area contributed by atoms with Gasteiger partial charge < -0.3 is 15.6 Å². The Morgan fingerprint density at radius 3 is 2.32 bits per heavy atom. The molecule has 0 unspecified atom stereocenters. The molecule has 0 aliphatic heterocycles. The Kier molecular flexibility index (Phi) is 4.35. The summed E-state index contributed by atoms with van der Waals surface area (Å²) in [4.78, 5) is 23.9. The molecule has 2 rings (SSSR count). The number of nitrogens with zero attached hydrogens (tertiary/aromatic N) is 1. The molecule has 2 aromatic rings. The summed E-state index contributed by atoms with van der Waals surface area (Å²) in [6, 6.07) is 8.85. The lowest BCUT2D eigenvalue weighted by Crippen LogP contribution is -2.18. The van der Waals surface area contributed by atoms with Crippen molar-refractivity contribution in [1.82, 2.24) is 4.57 Å². The van der Waals surface area contributed by atoms with Gasteiger partial charge in [-0.2, -0.15) is 0 Å². The minimum Gasteiger partial charge on any atom is -0.366 e. The number of nitrogens with one attached hydrogen (secondary N) is 1. The molecule has 2 amide bonds. The summed E-state index contributed by atoms with van der Waals surface area (Å²) in [6.45, 7) is 8.04. The average Bonchev–Trinajstić information content (AvgIpc) is 2.74. The zero-order valence-corrected chi connectivity index (χ0v) is 13.3. The molecule has 5 heteroatoms. The first-order valence-electron chi connectivity index (χ1n) is 7.21. The number of para-hydroxylation sites is 1. The predicted molar refractivity (Wildman–Crippen MR) is 87.2 cm³/mol. The van der Waals surface area contributed by atoms with Crippen LogP contribution in [0, 0.1) is 13.8 Å². The number of anilines is 1. The highest BCUT2D eigenvalue weighted by Gasteiger charge is 2.18. The molecule has 0 saturated carbocycles. The Morgan fingerprint density at radius 2 is 1.77 bits per heavy atom. The normalized spacial score (nSPS) is 10.8. The Bertz CT molecular complexity index is 730. The summed E-state index contributed by atoms with van der Waals surface area (Å²) in [5, 5.41) is 2.78. The van der Waals surface area contributed by atoms with Crippen LogP contribution in [0.15, 0.2) is 30.3 Å². The number of hydrogen-bond donors (Lipinski definition) is 2. The Balaban J connectivity index is 2.35. The number of aryl methyl sites for hydroxylation is 1. The molecule has 1 heterocycles. The second kappa shape index (κ2) is 6.05. The van der Waals surface area contributed by atoms with Crippen molar-refractivity contribution in [3.05, 3.63) is 52.8 Å². The molecule has 116 valence electrons. The average molecular weight is 299 g/mol. The van der Waals surface area contributed by atoms with E-state index in [4.69, 9.17) is 5.73 Å². The van der Waals surface area contributed by atoms with Gasteiger partial charge in [0.25, 0.3) is 11.8 Å². The first kappa shape index (κ1) is 15.8. The minimum atomic E-state index is -0.566. The molecule has 3 N–H and O–H groups in total. The van der Waals surface area contributed by atoms with E-state index in [0.717, 1.165) is 11.4 Å². The maximum Gasteiger partial charge on any atom is 0.257 e. The molecule has 0 spiro atoms. The molecule has 0 bridgehead atoms. The van der Waals surface area contributed by atoms with Crippen LogP contribution < -0.4 is 11.1 Å². The first-order valence-corrected chi connectivity index (χ1v) is 7.21. The van der Waals surface area contributed by atoms with E-state index in [1.54, 1.807) is 24.3 Å². The largest absolute Gasteiger partial charge is 0.366 e. The van der Waals surface area contributed by atoms with Crippen LogP contribution in [0.3, 0.4) is 0 Å². The smallest absolute Gasteiger partial charge is 0.257 e. The van der Waals surface area contributed by atoms with E-state index in [0.29, 0.717) is 16.8 Å². The van der Waals surface area contributed by atoms with Crippen molar-refractivity contribution in [1.29, 1.82) is 0 Å². The summed E-state index contributed by atoms with van der Waals surface area (Å²) < 4.78 is 2.11. The predicted octanol–water partition coefficient (Wildman–Crippen LogP) is 3.04. The number of amides is 2. The van der Waals surface area contributed by atoms with E-state index in [2.05, 4.69) is 23.7 Å². The van der Waals surface area contributed by atoms with Crippen LogP contribution in [0.2, 0.25) is 0 Å². The number of hydrogen-bond acceptors (Lipinski definition) is 2. The second-order valence-electron chi connectivity index (χ2n) is 5.61. The van der Waals surface area contributed by atoms with Crippen molar-refractivity contribution < 1.29 is 9.59 Å². The molecule has 0 aliphatic rings. The Labute approximate surface area is 130 Å². The lowest BCUT2D eigenvalue weighted by Gasteiger charge is -2.14. The van der Waals surface area contributed by atoms with Gasteiger partial charge in [0, 0.05) is 17.4 Å². The third-order valence-electron chi connectivity index (χ3n) is 3.69. The molecule has 1 aromatic carbocycles. The van der Waals surface area contributed by atoms with E-state index >= 15 is 0 Å². The van der Waals surface area contributed by atoms with Crippen molar-refractivity contribution in [2.75, 3.05) is 5.32 Å². The number of benzene rings is 1. The number of nitrogens with two attached hydrogens (primary N) is 1. The molecule has 0 aliphatic carbocycles. The molecular formula is C17H21N3O2.